The Morgan fingerprint density at radius 1 is 1.19 bits per heavy atom. The summed E-state index contributed by atoms with van der Waals surface area (Å²) in [6, 6.07) is 6.96. The molecule has 0 unspecified atom stereocenters. The number of anilines is 1. The molecule has 7 nitrogen and oxygen atoms in total. The average Bonchev–Trinajstić information content (AvgIpc) is 3.04. The fraction of sp³-hybridized carbons (Fsp3) is 0.286. The molecule has 3 rings (SSSR count). The van der Waals surface area contributed by atoms with Gasteiger partial charge in [0, 0.05) is 18.8 Å². The third-order valence-corrected chi connectivity index (χ3v) is 3.38. The SMILES string of the molecule is CCN1CC(=O)N(c2ccnn2Cc2ccccn2)C1=O. The van der Waals surface area contributed by atoms with Gasteiger partial charge in [0.2, 0.25) is 0 Å². The van der Waals surface area contributed by atoms with Crippen molar-refractivity contribution in [1.82, 2.24) is 19.7 Å². The third kappa shape index (κ3) is 2.37. The lowest BCUT2D eigenvalue weighted by Gasteiger charge is -2.16. The van der Waals surface area contributed by atoms with E-state index in [1.165, 1.54) is 9.80 Å². The zero-order valence-electron chi connectivity index (χ0n) is 11.6. The highest BCUT2D eigenvalue weighted by Gasteiger charge is 2.37. The summed E-state index contributed by atoms with van der Waals surface area (Å²) < 4.78 is 1.61. The summed E-state index contributed by atoms with van der Waals surface area (Å²) in [7, 11) is 0. The maximum absolute atomic E-state index is 12.2. The van der Waals surface area contributed by atoms with Crippen LogP contribution in [0, 0.1) is 0 Å². The number of hydrogen-bond donors (Lipinski definition) is 0. The molecule has 2 aromatic heterocycles. The first-order valence-corrected chi connectivity index (χ1v) is 6.74. The first kappa shape index (κ1) is 13.3. The van der Waals surface area contributed by atoms with Crippen LogP contribution in [-0.4, -0.2) is 44.7 Å². The number of amides is 3. The van der Waals surface area contributed by atoms with E-state index in [1.54, 1.807) is 23.1 Å². The van der Waals surface area contributed by atoms with Gasteiger partial charge < -0.3 is 4.90 Å². The van der Waals surface area contributed by atoms with E-state index in [0.29, 0.717) is 18.9 Å². The molecule has 7 heteroatoms. The van der Waals surface area contributed by atoms with Crippen LogP contribution in [0.2, 0.25) is 0 Å². The van der Waals surface area contributed by atoms with Crippen LogP contribution >= 0.6 is 0 Å². The second-order valence-electron chi connectivity index (χ2n) is 4.69. The van der Waals surface area contributed by atoms with E-state index in [4.69, 9.17) is 0 Å². The van der Waals surface area contributed by atoms with Gasteiger partial charge in [-0.2, -0.15) is 5.10 Å². The quantitative estimate of drug-likeness (QED) is 0.789. The zero-order chi connectivity index (χ0) is 14.8. The molecule has 0 bridgehead atoms. The van der Waals surface area contributed by atoms with E-state index in [2.05, 4.69) is 10.1 Å². The zero-order valence-corrected chi connectivity index (χ0v) is 11.6. The van der Waals surface area contributed by atoms with Crippen molar-refractivity contribution in [2.45, 2.75) is 13.5 Å². The smallest absolute Gasteiger partial charge is 0.315 e. The highest BCUT2D eigenvalue weighted by molar-refractivity contribution is 6.19. The largest absolute Gasteiger partial charge is 0.333 e. The highest BCUT2D eigenvalue weighted by atomic mass is 16.2. The predicted molar refractivity (Wildman–Crippen MR) is 75.7 cm³/mol. The summed E-state index contributed by atoms with van der Waals surface area (Å²) in [4.78, 5) is 31.2. The summed E-state index contributed by atoms with van der Waals surface area (Å²) in [5.74, 6) is 0.247. The minimum atomic E-state index is -0.301. The molecule has 1 aliphatic rings. The molecule has 21 heavy (non-hydrogen) atoms. The number of pyridine rings is 1. The lowest BCUT2D eigenvalue weighted by Crippen LogP contribution is -2.34. The molecule has 0 radical (unpaired) electrons. The molecule has 0 spiro atoms. The first-order chi connectivity index (χ1) is 10.2. The van der Waals surface area contributed by atoms with Gasteiger partial charge in [0.15, 0.2) is 0 Å². The minimum absolute atomic E-state index is 0.115. The van der Waals surface area contributed by atoms with E-state index >= 15 is 0 Å². The number of likely N-dealkylation sites (N-methyl/N-ethyl adjacent to an activating group) is 1. The Bertz CT molecular complexity index is 667. The van der Waals surface area contributed by atoms with Gasteiger partial charge in [-0.3, -0.25) is 9.78 Å². The van der Waals surface area contributed by atoms with Crippen molar-refractivity contribution >= 4 is 17.8 Å². The molecule has 1 fully saturated rings. The number of nitrogens with zero attached hydrogens (tertiary/aromatic N) is 5. The number of imide groups is 1. The van der Waals surface area contributed by atoms with Crippen molar-refractivity contribution < 1.29 is 9.59 Å². The lowest BCUT2D eigenvalue weighted by atomic mass is 10.3. The van der Waals surface area contributed by atoms with E-state index in [1.807, 2.05) is 25.1 Å². The summed E-state index contributed by atoms with van der Waals surface area (Å²) >= 11 is 0. The van der Waals surface area contributed by atoms with E-state index in [9.17, 15) is 9.59 Å². The van der Waals surface area contributed by atoms with Crippen molar-refractivity contribution in [2.24, 2.45) is 0 Å². The molecule has 0 saturated carbocycles. The van der Waals surface area contributed by atoms with Gasteiger partial charge in [-0.05, 0) is 19.1 Å². The first-order valence-electron chi connectivity index (χ1n) is 6.74. The van der Waals surface area contributed by atoms with E-state index in [-0.39, 0.29) is 18.5 Å². The van der Waals surface area contributed by atoms with Crippen LogP contribution in [0.15, 0.2) is 36.7 Å². The van der Waals surface area contributed by atoms with Crippen LogP contribution in [0.3, 0.4) is 0 Å². The van der Waals surface area contributed by atoms with E-state index in [0.717, 1.165) is 5.69 Å². The Hall–Kier alpha value is -2.70. The summed E-state index contributed by atoms with van der Waals surface area (Å²) in [6.07, 6.45) is 3.27. The minimum Gasteiger partial charge on any atom is -0.315 e. The molecule has 0 N–H and O–H groups in total. The molecule has 2 aromatic rings. The van der Waals surface area contributed by atoms with Gasteiger partial charge in [0.1, 0.15) is 12.4 Å². The van der Waals surface area contributed by atoms with Crippen molar-refractivity contribution in [3.8, 4) is 0 Å². The average molecular weight is 285 g/mol. The van der Waals surface area contributed by atoms with Gasteiger partial charge in [-0.25, -0.2) is 14.4 Å². The number of aromatic nitrogens is 3. The number of carbonyl (C=O) groups is 2. The molecule has 108 valence electrons. The Morgan fingerprint density at radius 2 is 2.05 bits per heavy atom. The van der Waals surface area contributed by atoms with Crippen molar-refractivity contribution in [3.05, 3.63) is 42.4 Å². The van der Waals surface area contributed by atoms with E-state index < -0.39 is 0 Å². The van der Waals surface area contributed by atoms with Gasteiger partial charge in [0.05, 0.1) is 18.4 Å². The maximum Gasteiger partial charge on any atom is 0.333 e. The second-order valence-corrected chi connectivity index (χ2v) is 4.69. The number of hydrogen-bond acceptors (Lipinski definition) is 4. The Kier molecular flexibility index (Phi) is 3.39. The van der Waals surface area contributed by atoms with Gasteiger partial charge >= 0.3 is 6.03 Å². The third-order valence-electron chi connectivity index (χ3n) is 3.38. The normalized spacial score (nSPS) is 15.1. The Balaban J connectivity index is 1.89. The van der Waals surface area contributed by atoms with Crippen molar-refractivity contribution in [3.63, 3.8) is 0 Å². The fourth-order valence-electron chi connectivity index (χ4n) is 2.31. The molecule has 0 aliphatic carbocycles. The molecular weight excluding hydrogens is 270 g/mol. The van der Waals surface area contributed by atoms with Crippen molar-refractivity contribution in [2.75, 3.05) is 18.0 Å². The Labute approximate surface area is 121 Å². The van der Waals surface area contributed by atoms with Gasteiger partial charge in [0.25, 0.3) is 5.91 Å². The van der Waals surface area contributed by atoms with Crippen LogP contribution in [0.4, 0.5) is 10.6 Å². The summed E-state index contributed by atoms with van der Waals surface area (Å²) in [5, 5.41) is 4.19. The summed E-state index contributed by atoms with van der Waals surface area (Å²) in [5.41, 5.74) is 0.814. The highest BCUT2D eigenvalue weighted by Crippen LogP contribution is 2.21. The summed E-state index contributed by atoms with van der Waals surface area (Å²) in [6.45, 7) is 2.88. The molecular formula is C14H15N5O2. The topological polar surface area (TPSA) is 71.3 Å². The molecule has 0 aromatic carbocycles. The molecule has 1 saturated heterocycles. The fourth-order valence-corrected chi connectivity index (χ4v) is 2.31. The monoisotopic (exact) mass is 285 g/mol. The Morgan fingerprint density at radius 3 is 2.71 bits per heavy atom. The molecule has 3 heterocycles. The standard InChI is InChI=1S/C14H15N5O2/c1-2-17-10-13(20)19(14(17)21)12-6-8-16-18(12)9-11-5-3-4-7-15-11/h3-8H,2,9-10H2,1H3. The van der Waals surface area contributed by atoms with Gasteiger partial charge in [-0.15, -0.1) is 0 Å². The van der Waals surface area contributed by atoms with Gasteiger partial charge in [-0.1, -0.05) is 6.07 Å². The molecule has 0 atom stereocenters. The number of carbonyl (C=O) groups excluding carboxylic acids is 2. The number of rotatable bonds is 4. The maximum atomic E-state index is 12.2. The van der Waals surface area contributed by atoms with Crippen LogP contribution in [0.1, 0.15) is 12.6 Å². The van der Waals surface area contributed by atoms with Crippen LogP contribution in [-0.2, 0) is 11.3 Å². The van der Waals surface area contributed by atoms with Crippen LogP contribution < -0.4 is 4.90 Å². The van der Waals surface area contributed by atoms with Crippen LogP contribution in [0.25, 0.3) is 0 Å². The molecule has 1 aliphatic heterocycles. The second kappa shape index (κ2) is 5.35. The lowest BCUT2D eigenvalue weighted by molar-refractivity contribution is -0.116. The van der Waals surface area contributed by atoms with Crippen LogP contribution in [0.5, 0.6) is 0 Å². The predicted octanol–water partition coefficient (Wildman–Crippen LogP) is 1.11. The van der Waals surface area contributed by atoms with Crippen molar-refractivity contribution in [1.29, 1.82) is 0 Å². The number of urea groups is 1. The molecule has 3 amide bonds.